The van der Waals surface area contributed by atoms with E-state index in [0.717, 1.165) is 6.07 Å². The van der Waals surface area contributed by atoms with Crippen LogP contribution in [0.5, 0.6) is 11.5 Å². The first-order valence-electron chi connectivity index (χ1n) is 6.27. The van der Waals surface area contributed by atoms with E-state index in [1.165, 1.54) is 24.3 Å². The predicted molar refractivity (Wildman–Crippen MR) is 77.2 cm³/mol. The smallest absolute Gasteiger partial charge is 0.246 e. The zero-order valence-corrected chi connectivity index (χ0v) is 11.1. The number of phenols is 1. The molecule has 0 saturated heterocycles. The molecule has 0 saturated carbocycles. The van der Waals surface area contributed by atoms with Crippen molar-refractivity contribution >= 4 is 12.0 Å². The van der Waals surface area contributed by atoms with Gasteiger partial charge in [-0.2, -0.15) is 0 Å². The molecule has 0 bridgehead atoms. The van der Waals surface area contributed by atoms with Gasteiger partial charge in [0.05, 0.1) is 0 Å². The van der Waals surface area contributed by atoms with Crippen molar-refractivity contribution in [2.75, 3.05) is 6.73 Å². The van der Waals surface area contributed by atoms with Crippen LogP contribution in [-0.2, 0) is 4.79 Å². The molecule has 0 spiro atoms. The number of halogens is 1. The monoisotopic (exact) mass is 287 g/mol. The minimum Gasteiger partial charge on any atom is -0.505 e. The molecule has 0 unspecified atom stereocenters. The summed E-state index contributed by atoms with van der Waals surface area (Å²) in [5.74, 6) is -0.849. The molecule has 2 rings (SSSR count). The number of para-hydroxylation sites is 1. The minimum atomic E-state index is -0.701. The van der Waals surface area contributed by atoms with Crippen LogP contribution in [0.15, 0.2) is 54.6 Å². The van der Waals surface area contributed by atoms with Gasteiger partial charge in [0.15, 0.2) is 18.3 Å². The third kappa shape index (κ3) is 4.65. The van der Waals surface area contributed by atoms with E-state index >= 15 is 0 Å². The van der Waals surface area contributed by atoms with Crippen molar-refractivity contribution in [3.05, 3.63) is 66.0 Å². The number of rotatable bonds is 5. The molecule has 0 aliphatic rings. The van der Waals surface area contributed by atoms with Crippen molar-refractivity contribution in [3.63, 3.8) is 0 Å². The first kappa shape index (κ1) is 14.6. The molecule has 4 nitrogen and oxygen atoms in total. The highest BCUT2D eigenvalue weighted by Gasteiger charge is 2.00. The Balaban J connectivity index is 1.81. The Morgan fingerprint density at radius 3 is 2.71 bits per heavy atom. The van der Waals surface area contributed by atoms with Crippen LogP contribution in [0, 0.1) is 5.82 Å². The minimum absolute atomic E-state index is 0.0435. The Morgan fingerprint density at radius 2 is 2.00 bits per heavy atom. The van der Waals surface area contributed by atoms with E-state index in [2.05, 4.69) is 5.32 Å². The van der Waals surface area contributed by atoms with Gasteiger partial charge in [0, 0.05) is 6.08 Å². The summed E-state index contributed by atoms with van der Waals surface area (Å²) in [5, 5.41) is 11.7. The predicted octanol–water partition coefficient (Wildman–Crippen LogP) is 2.70. The zero-order valence-electron chi connectivity index (χ0n) is 11.1. The number of phenolic OH excluding ortho intramolecular Hbond substituents is 1. The Bertz CT molecular complexity index is 641. The topological polar surface area (TPSA) is 58.6 Å². The number of hydrogen-bond donors (Lipinski definition) is 2. The van der Waals surface area contributed by atoms with Gasteiger partial charge in [0.2, 0.25) is 5.91 Å². The first-order chi connectivity index (χ1) is 10.1. The maximum absolute atomic E-state index is 12.9. The zero-order chi connectivity index (χ0) is 15.1. The normalized spacial score (nSPS) is 10.5. The summed E-state index contributed by atoms with van der Waals surface area (Å²) >= 11 is 0. The van der Waals surface area contributed by atoms with Crippen LogP contribution < -0.4 is 10.1 Å². The highest BCUT2D eigenvalue weighted by molar-refractivity contribution is 5.91. The average Bonchev–Trinajstić information content (AvgIpc) is 2.49. The van der Waals surface area contributed by atoms with Crippen LogP contribution in [0.1, 0.15) is 5.56 Å². The summed E-state index contributed by atoms with van der Waals surface area (Å²) in [6.07, 6.45) is 2.75. The standard InChI is InChI=1S/C16H14FNO3/c17-14-8-6-12(10-15(14)19)7-9-16(20)18-11-21-13-4-2-1-3-5-13/h1-10,19H,11H2,(H,18,20)/b9-7+. The molecule has 0 fully saturated rings. The Kier molecular flexibility index (Phi) is 4.93. The molecule has 0 aromatic heterocycles. The van der Waals surface area contributed by atoms with Gasteiger partial charge in [-0.1, -0.05) is 24.3 Å². The maximum atomic E-state index is 12.9. The van der Waals surface area contributed by atoms with Crippen molar-refractivity contribution in [1.82, 2.24) is 5.32 Å². The van der Waals surface area contributed by atoms with Crippen molar-refractivity contribution in [3.8, 4) is 11.5 Å². The molecule has 0 aliphatic heterocycles. The average molecular weight is 287 g/mol. The lowest BCUT2D eigenvalue weighted by molar-refractivity contribution is -0.117. The lowest BCUT2D eigenvalue weighted by Gasteiger charge is -2.05. The summed E-state index contributed by atoms with van der Waals surface area (Å²) in [5.41, 5.74) is 0.521. The van der Waals surface area contributed by atoms with Gasteiger partial charge < -0.3 is 15.2 Å². The summed E-state index contributed by atoms with van der Waals surface area (Å²) in [6, 6.07) is 12.9. The number of amides is 1. The van der Waals surface area contributed by atoms with E-state index in [1.54, 1.807) is 12.1 Å². The molecule has 2 aromatic carbocycles. The van der Waals surface area contributed by atoms with Crippen LogP contribution in [0.4, 0.5) is 4.39 Å². The SMILES string of the molecule is O=C(/C=C/c1ccc(F)c(O)c1)NCOc1ccccc1. The van der Waals surface area contributed by atoms with E-state index < -0.39 is 11.6 Å². The van der Waals surface area contributed by atoms with E-state index in [4.69, 9.17) is 4.74 Å². The highest BCUT2D eigenvalue weighted by atomic mass is 19.1. The van der Waals surface area contributed by atoms with Crippen LogP contribution in [-0.4, -0.2) is 17.7 Å². The number of hydrogen-bond acceptors (Lipinski definition) is 3. The molecular formula is C16H14FNO3. The Labute approximate surface area is 121 Å². The van der Waals surface area contributed by atoms with Gasteiger partial charge in [-0.3, -0.25) is 4.79 Å². The van der Waals surface area contributed by atoms with E-state index in [1.807, 2.05) is 18.2 Å². The van der Waals surface area contributed by atoms with Crippen LogP contribution in [0.2, 0.25) is 0 Å². The van der Waals surface area contributed by atoms with Gasteiger partial charge in [0.1, 0.15) is 5.75 Å². The third-order valence-corrected chi connectivity index (χ3v) is 2.63. The quantitative estimate of drug-likeness (QED) is 0.656. The molecule has 0 atom stereocenters. The largest absolute Gasteiger partial charge is 0.505 e. The van der Waals surface area contributed by atoms with E-state index in [-0.39, 0.29) is 12.6 Å². The number of nitrogens with one attached hydrogen (secondary N) is 1. The fraction of sp³-hybridized carbons (Fsp3) is 0.0625. The van der Waals surface area contributed by atoms with E-state index in [9.17, 15) is 14.3 Å². The molecule has 0 heterocycles. The lowest BCUT2D eigenvalue weighted by Crippen LogP contribution is -2.25. The molecule has 2 aromatic rings. The molecule has 21 heavy (non-hydrogen) atoms. The second-order valence-electron chi connectivity index (χ2n) is 4.19. The van der Waals surface area contributed by atoms with Gasteiger partial charge in [-0.05, 0) is 35.9 Å². The third-order valence-electron chi connectivity index (χ3n) is 2.63. The molecule has 0 radical (unpaired) electrons. The molecule has 5 heteroatoms. The molecule has 108 valence electrons. The Hall–Kier alpha value is -2.82. The summed E-state index contributed by atoms with van der Waals surface area (Å²) in [4.78, 5) is 11.5. The van der Waals surface area contributed by atoms with Gasteiger partial charge in [-0.25, -0.2) is 4.39 Å². The van der Waals surface area contributed by atoms with Crippen LogP contribution in [0.25, 0.3) is 6.08 Å². The Morgan fingerprint density at radius 1 is 1.24 bits per heavy atom. The van der Waals surface area contributed by atoms with Crippen molar-refractivity contribution in [1.29, 1.82) is 0 Å². The van der Waals surface area contributed by atoms with E-state index in [0.29, 0.717) is 11.3 Å². The summed E-state index contributed by atoms with van der Waals surface area (Å²) < 4.78 is 18.2. The second kappa shape index (κ2) is 7.09. The number of carbonyl (C=O) groups is 1. The fourth-order valence-corrected chi connectivity index (χ4v) is 1.57. The van der Waals surface area contributed by atoms with Crippen LogP contribution in [0.3, 0.4) is 0 Å². The molecular weight excluding hydrogens is 273 g/mol. The van der Waals surface area contributed by atoms with Gasteiger partial charge in [0.25, 0.3) is 0 Å². The molecule has 1 amide bonds. The number of carbonyl (C=O) groups excluding carboxylic acids is 1. The summed E-state index contributed by atoms with van der Waals surface area (Å²) in [6.45, 7) is 0.0435. The van der Waals surface area contributed by atoms with Gasteiger partial charge in [-0.15, -0.1) is 0 Å². The second-order valence-corrected chi connectivity index (χ2v) is 4.19. The number of benzene rings is 2. The first-order valence-corrected chi connectivity index (χ1v) is 6.27. The summed E-state index contributed by atoms with van der Waals surface area (Å²) in [7, 11) is 0. The van der Waals surface area contributed by atoms with Gasteiger partial charge >= 0.3 is 0 Å². The number of ether oxygens (including phenoxy) is 1. The lowest BCUT2D eigenvalue weighted by atomic mass is 10.2. The van der Waals surface area contributed by atoms with Crippen LogP contribution >= 0.6 is 0 Å². The maximum Gasteiger partial charge on any atom is 0.246 e. The molecule has 0 aliphatic carbocycles. The fourth-order valence-electron chi connectivity index (χ4n) is 1.57. The van der Waals surface area contributed by atoms with Crippen molar-refractivity contribution in [2.45, 2.75) is 0 Å². The highest BCUT2D eigenvalue weighted by Crippen LogP contribution is 2.17. The van der Waals surface area contributed by atoms with Crippen molar-refractivity contribution in [2.24, 2.45) is 0 Å². The molecule has 2 N–H and O–H groups in total. The number of aromatic hydroxyl groups is 1. The van der Waals surface area contributed by atoms with Crippen molar-refractivity contribution < 1.29 is 19.0 Å².